The maximum atomic E-state index is 12.6. The molecule has 31 heavy (non-hydrogen) atoms. The molecule has 0 aromatic rings. The Labute approximate surface area is 197 Å². The van der Waals surface area contributed by atoms with Crippen molar-refractivity contribution in [2.45, 2.75) is 181 Å². The molecule has 0 radical (unpaired) electrons. The fourth-order valence-corrected chi connectivity index (χ4v) is 4.66. The molecule has 188 valence electrons. The van der Waals surface area contributed by atoms with E-state index in [2.05, 4.69) is 27.7 Å². The van der Waals surface area contributed by atoms with Gasteiger partial charge < -0.3 is 10.3 Å². The second kappa shape index (κ2) is 23.1. The first-order chi connectivity index (χ1) is 15.0. The Morgan fingerprint density at radius 2 is 0.742 bits per heavy atom. The van der Waals surface area contributed by atoms with Gasteiger partial charge in [0.1, 0.15) is 0 Å². The van der Waals surface area contributed by atoms with Crippen LogP contribution in [0.15, 0.2) is 0 Å². The van der Waals surface area contributed by atoms with Gasteiger partial charge in [-0.1, -0.05) is 136 Å². The van der Waals surface area contributed by atoms with Gasteiger partial charge in [0.05, 0.1) is 12.1 Å². The van der Waals surface area contributed by atoms with Crippen molar-refractivity contribution in [3.05, 3.63) is 5.21 Å². The molecule has 0 rings (SSSR count). The van der Waals surface area contributed by atoms with Crippen molar-refractivity contribution in [2.24, 2.45) is 0 Å². The van der Waals surface area contributed by atoms with E-state index < -0.39 is 0 Å². The van der Waals surface area contributed by atoms with Crippen LogP contribution < -0.4 is 5.06 Å². The third-order valence-electron chi connectivity index (χ3n) is 7.17. The summed E-state index contributed by atoms with van der Waals surface area (Å²) in [5.74, 6) is 0. The number of hydrogen-bond donors (Lipinski definition) is 1. The highest BCUT2D eigenvalue weighted by molar-refractivity contribution is 4.67. The van der Waals surface area contributed by atoms with E-state index in [1.807, 2.05) is 0 Å². The Balaban J connectivity index is 3.47. The zero-order chi connectivity index (χ0) is 23.0. The molecule has 0 spiro atoms. The van der Waals surface area contributed by atoms with Gasteiger partial charge in [0.2, 0.25) is 0 Å². The van der Waals surface area contributed by atoms with Gasteiger partial charge in [0.15, 0.2) is 0 Å². The van der Waals surface area contributed by atoms with Crippen LogP contribution in [0, 0.1) is 5.21 Å². The zero-order valence-electron chi connectivity index (χ0n) is 22.4. The monoisotopic (exact) mass is 439 g/mol. The normalized spacial score (nSPS) is 13.1. The molecule has 0 aliphatic carbocycles. The van der Waals surface area contributed by atoms with Crippen LogP contribution in [0.2, 0.25) is 0 Å². The van der Waals surface area contributed by atoms with Gasteiger partial charge in [-0.25, -0.2) is 0 Å². The van der Waals surface area contributed by atoms with Gasteiger partial charge in [-0.2, -0.15) is 0 Å². The van der Waals surface area contributed by atoms with Crippen molar-refractivity contribution >= 4 is 0 Å². The highest BCUT2D eigenvalue weighted by Crippen LogP contribution is 2.15. The molecule has 0 aliphatic heterocycles. The molecule has 0 aromatic carbocycles. The van der Waals surface area contributed by atoms with Gasteiger partial charge in [-0.3, -0.25) is 0 Å². The first-order valence-corrected chi connectivity index (χ1v) is 14.6. The van der Waals surface area contributed by atoms with Crippen LogP contribution in [-0.4, -0.2) is 12.1 Å². The summed E-state index contributed by atoms with van der Waals surface area (Å²) in [7, 11) is 0. The maximum Gasteiger partial charge on any atom is 0.0917 e. The van der Waals surface area contributed by atoms with E-state index in [9.17, 15) is 5.21 Å². The van der Waals surface area contributed by atoms with Crippen LogP contribution in [-0.2, 0) is 0 Å². The fraction of sp³-hybridized carbons (Fsp3) is 1.00. The topological polar surface area (TPSA) is 27.5 Å². The largest absolute Gasteiger partial charge is 0.634 e. The predicted molar refractivity (Wildman–Crippen MR) is 141 cm³/mol. The van der Waals surface area contributed by atoms with Crippen molar-refractivity contribution in [3.8, 4) is 0 Å². The minimum absolute atomic E-state index is 0.0994. The standard InChI is InChI=1S/C29H61NO/c1-5-7-9-11-13-15-17-18-19-21-23-25-27-29(3,4)30(31)28-26-24-22-20-16-14-12-10-8-6-2/h30H,5-28H2,1-4H3. The van der Waals surface area contributed by atoms with Gasteiger partial charge in [0.25, 0.3) is 0 Å². The highest BCUT2D eigenvalue weighted by atomic mass is 16.5. The van der Waals surface area contributed by atoms with Crippen molar-refractivity contribution < 1.29 is 5.06 Å². The average Bonchev–Trinajstić information content (AvgIpc) is 2.75. The summed E-state index contributed by atoms with van der Waals surface area (Å²) in [5, 5.41) is 13.1. The lowest BCUT2D eigenvalue weighted by molar-refractivity contribution is -0.901. The van der Waals surface area contributed by atoms with E-state index in [-0.39, 0.29) is 5.54 Å². The zero-order valence-corrected chi connectivity index (χ0v) is 22.4. The van der Waals surface area contributed by atoms with Crippen LogP contribution >= 0.6 is 0 Å². The van der Waals surface area contributed by atoms with Gasteiger partial charge in [-0.15, -0.1) is 0 Å². The highest BCUT2D eigenvalue weighted by Gasteiger charge is 2.23. The molecule has 1 N–H and O–H groups in total. The van der Waals surface area contributed by atoms with Gasteiger partial charge in [0, 0.05) is 6.42 Å². The molecular formula is C29H61NO. The Hall–Kier alpha value is -0.0800. The molecule has 0 saturated carbocycles. The summed E-state index contributed by atoms with van der Waals surface area (Å²) in [4.78, 5) is 0. The number of quaternary nitrogens is 1. The first-order valence-electron chi connectivity index (χ1n) is 14.6. The van der Waals surface area contributed by atoms with E-state index in [4.69, 9.17) is 0 Å². The summed E-state index contributed by atoms with van der Waals surface area (Å²) in [6, 6.07) is 0. The Kier molecular flexibility index (Phi) is 23.0. The van der Waals surface area contributed by atoms with Gasteiger partial charge >= 0.3 is 0 Å². The summed E-state index contributed by atoms with van der Waals surface area (Å²) in [6.45, 7) is 9.74. The van der Waals surface area contributed by atoms with Crippen LogP contribution in [0.4, 0.5) is 0 Å². The number of hydroxylamine groups is 2. The lowest BCUT2D eigenvalue weighted by Crippen LogP contribution is -3.15. The Bertz CT molecular complexity index is 342. The molecule has 1 atom stereocenters. The fourth-order valence-electron chi connectivity index (χ4n) is 4.66. The summed E-state index contributed by atoms with van der Waals surface area (Å²) in [5.41, 5.74) is -0.0994. The lowest BCUT2D eigenvalue weighted by Gasteiger charge is -2.38. The second-order valence-corrected chi connectivity index (χ2v) is 10.9. The first kappa shape index (κ1) is 30.9. The van der Waals surface area contributed by atoms with Crippen molar-refractivity contribution in [1.82, 2.24) is 0 Å². The van der Waals surface area contributed by atoms with E-state index >= 15 is 0 Å². The molecule has 2 heteroatoms. The van der Waals surface area contributed by atoms with Gasteiger partial charge in [-0.05, 0) is 33.1 Å². The minimum atomic E-state index is -0.0994. The number of hydrogen-bond acceptors (Lipinski definition) is 1. The Morgan fingerprint density at radius 1 is 0.452 bits per heavy atom. The lowest BCUT2D eigenvalue weighted by atomic mass is 9.95. The van der Waals surface area contributed by atoms with Crippen molar-refractivity contribution in [3.63, 3.8) is 0 Å². The molecule has 0 aromatic heterocycles. The van der Waals surface area contributed by atoms with Crippen LogP contribution in [0.5, 0.6) is 0 Å². The van der Waals surface area contributed by atoms with E-state index in [0.717, 1.165) is 19.4 Å². The smallest absolute Gasteiger partial charge is 0.0917 e. The third kappa shape index (κ3) is 21.5. The summed E-state index contributed by atoms with van der Waals surface area (Å²) < 4.78 is 0. The molecule has 0 heterocycles. The van der Waals surface area contributed by atoms with E-state index in [0.29, 0.717) is 5.06 Å². The molecular weight excluding hydrogens is 378 g/mol. The van der Waals surface area contributed by atoms with Crippen molar-refractivity contribution in [1.29, 1.82) is 0 Å². The van der Waals surface area contributed by atoms with Crippen LogP contribution in [0.3, 0.4) is 0 Å². The van der Waals surface area contributed by atoms with E-state index in [1.165, 1.54) is 135 Å². The molecule has 0 aliphatic rings. The van der Waals surface area contributed by atoms with E-state index in [1.54, 1.807) is 0 Å². The quantitative estimate of drug-likeness (QED) is 0.111. The number of nitrogens with one attached hydrogen (secondary N) is 1. The second-order valence-electron chi connectivity index (χ2n) is 10.9. The minimum Gasteiger partial charge on any atom is -0.634 e. The molecule has 2 nitrogen and oxygen atoms in total. The van der Waals surface area contributed by atoms with Crippen LogP contribution in [0.25, 0.3) is 0 Å². The van der Waals surface area contributed by atoms with Crippen molar-refractivity contribution in [2.75, 3.05) is 6.54 Å². The summed E-state index contributed by atoms with van der Waals surface area (Å²) in [6.07, 6.45) is 31.1. The SMILES string of the molecule is CCCCCCCCCCCCCCC(C)(C)[NH+]([O-])CCCCCCCCCCCC. The Morgan fingerprint density at radius 3 is 1.10 bits per heavy atom. The van der Waals surface area contributed by atoms with Crippen LogP contribution in [0.1, 0.15) is 175 Å². The average molecular weight is 440 g/mol. The number of unbranched alkanes of at least 4 members (excludes halogenated alkanes) is 20. The summed E-state index contributed by atoms with van der Waals surface area (Å²) >= 11 is 0. The molecule has 0 fully saturated rings. The molecule has 1 unspecified atom stereocenters. The molecule has 0 saturated heterocycles. The maximum absolute atomic E-state index is 12.6. The molecule has 0 bridgehead atoms. The number of rotatable bonds is 25. The third-order valence-corrected chi connectivity index (χ3v) is 7.17. The predicted octanol–water partition coefficient (Wildman–Crippen LogP) is 9.16. The molecule has 0 amide bonds.